The molecule has 0 fully saturated rings. The number of benzene rings is 1. The summed E-state index contributed by atoms with van der Waals surface area (Å²) < 4.78 is 37.7. The second-order valence-corrected chi connectivity index (χ2v) is 7.54. The lowest BCUT2D eigenvalue weighted by molar-refractivity contribution is 0.0607. The first-order chi connectivity index (χ1) is 10.4. The summed E-state index contributed by atoms with van der Waals surface area (Å²) in [6, 6.07) is 6.13. The fraction of sp³-hybridized carbons (Fsp3) is 0.154. The summed E-state index contributed by atoms with van der Waals surface area (Å²) in [7, 11) is -1.30. The zero-order chi connectivity index (χ0) is 16.3. The smallest absolute Gasteiger partial charge is 0.350 e. The topological polar surface area (TPSA) is 81.7 Å². The Morgan fingerprint density at radius 3 is 2.64 bits per heavy atom. The van der Waals surface area contributed by atoms with Crippen molar-refractivity contribution in [2.24, 2.45) is 0 Å². The number of hydrogen-bond donors (Lipinski definition) is 1. The van der Waals surface area contributed by atoms with Crippen molar-refractivity contribution in [3.63, 3.8) is 0 Å². The van der Waals surface area contributed by atoms with Gasteiger partial charge in [0.1, 0.15) is 15.5 Å². The van der Waals surface area contributed by atoms with Crippen molar-refractivity contribution in [2.45, 2.75) is 4.90 Å². The molecule has 0 bridgehead atoms. The van der Waals surface area contributed by atoms with Crippen LogP contribution in [0.25, 0.3) is 0 Å². The standard InChI is InChI=1S/C13H12BrNO5S2/c1-19-10-4-3-8(14)7-11(10)22(17,18)15-9-5-6-21-12(9)13(16)20-2/h3-7,15H,1-2H3. The minimum absolute atomic E-state index is 0.0357. The first-order valence-electron chi connectivity index (χ1n) is 5.91. The van der Waals surface area contributed by atoms with Crippen LogP contribution in [0.15, 0.2) is 39.0 Å². The molecule has 0 amide bonds. The Morgan fingerprint density at radius 2 is 2.00 bits per heavy atom. The molecule has 0 aliphatic carbocycles. The van der Waals surface area contributed by atoms with Gasteiger partial charge in [0.05, 0.1) is 19.9 Å². The van der Waals surface area contributed by atoms with Crippen LogP contribution in [0, 0.1) is 0 Å². The molecule has 0 radical (unpaired) electrons. The first kappa shape index (κ1) is 16.8. The van der Waals surface area contributed by atoms with E-state index in [9.17, 15) is 13.2 Å². The van der Waals surface area contributed by atoms with E-state index in [0.717, 1.165) is 11.3 Å². The average Bonchev–Trinajstić information content (AvgIpc) is 2.93. The third-order valence-corrected chi connectivity index (χ3v) is 5.47. The SMILES string of the molecule is COC(=O)c1sccc1NS(=O)(=O)c1cc(Br)ccc1OC. The number of carbonyl (C=O) groups excluding carboxylic acids is 1. The molecular formula is C13H12BrNO5S2. The predicted octanol–water partition coefficient (Wildman–Crippen LogP) is 3.11. The van der Waals surface area contributed by atoms with Gasteiger partial charge in [0.15, 0.2) is 0 Å². The summed E-state index contributed by atoms with van der Waals surface area (Å²) in [5.41, 5.74) is 0.166. The third kappa shape index (κ3) is 3.42. The fourth-order valence-corrected chi connectivity index (χ4v) is 4.31. The Balaban J connectivity index is 2.43. The highest BCUT2D eigenvalue weighted by Crippen LogP contribution is 2.31. The van der Waals surface area contributed by atoms with Gasteiger partial charge in [-0.3, -0.25) is 4.72 Å². The first-order valence-corrected chi connectivity index (χ1v) is 9.07. The van der Waals surface area contributed by atoms with Crippen LogP contribution in [0.2, 0.25) is 0 Å². The van der Waals surface area contributed by atoms with Gasteiger partial charge in [0.25, 0.3) is 10.0 Å². The molecular weight excluding hydrogens is 394 g/mol. The monoisotopic (exact) mass is 405 g/mol. The van der Waals surface area contributed by atoms with E-state index in [1.807, 2.05) is 0 Å². The molecule has 0 aliphatic heterocycles. The fourth-order valence-electron chi connectivity index (χ4n) is 1.70. The molecule has 1 N–H and O–H groups in total. The van der Waals surface area contributed by atoms with Crippen molar-refractivity contribution in [1.82, 2.24) is 0 Å². The van der Waals surface area contributed by atoms with Gasteiger partial charge in [0.2, 0.25) is 0 Å². The molecule has 1 aromatic heterocycles. The van der Waals surface area contributed by atoms with E-state index in [0.29, 0.717) is 4.47 Å². The van der Waals surface area contributed by atoms with E-state index < -0.39 is 16.0 Å². The van der Waals surface area contributed by atoms with E-state index >= 15 is 0 Å². The van der Waals surface area contributed by atoms with Crippen molar-refractivity contribution in [3.05, 3.63) is 39.0 Å². The normalized spacial score (nSPS) is 11.0. The molecule has 0 atom stereocenters. The highest BCUT2D eigenvalue weighted by atomic mass is 79.9. The lowest BCUT2D eigenvalue weighted by Crippen LogP contribution is -2.15. The van der Waals surface area contributed by atoms with Crippen LogP contribution in [0.4, 0.5) is 5.69 Å². The minimum atomic E-state index is -3.92. The Labute approximate surface area is 140 Å². The summed E-state index contributed by atoms with van der Waals surface area (Å²) >= 11 is 4.31. The molecule has 0 saturated carbocycles. The van der Waals surface area contributed by atoms with Crippen LogP contribution in [0.5, 0.6) is 5.75 Å². The van der Waals surface area contributed by atoms with E-state index in [4.69, 9.17) is 4.74 Å². The van der Waals surface area contributed by atoms with Gasteiger partial charge in [-0.1, -0.05) is 15.9 Å². The van der Waals surface area contributed by atoms with Gasteiger partial charge in [-0.15, -0.1) is 11.3 Å². The van der Waals surface area contributed by atoms with Gasteiger partial charge >= 0.3 is 5.97 Å². The van der Waals surface area contributed by atoms with E-state index in [-0.39, 0.29) is 21.2 Å². The van der Waals surface area contributed by atoms with Gasteiger partial charge in [-0.2, -0.15) is 0 Å². The van der Waals surface area contributed by atoms with E-state index in [1.54, 1.807) is 11.4 Å². The van der Waals surface area contributed by atoms with E-state index in [2.05, 4.69) is 25.4 Å². The lowest BCUT2D eigenvalue weighted by atomic mass is 10.3. The number of anilines is 1. The molecule has 2 aromatic rings. The van der Waals surface area contributed by atoms with Crippen molar-refractivity contribution < 1.29 is 22.7 Å². The van der Waals surface area contributed by atoms with Gasteiger partial charge < -0.3 is 9.47 Å². The van der Waals surface area contributed by atoms with Gasteiger partial charge in [-0.05, 0) is 29.6 Å². The number of hydrogen-bond acceptors (Lipinski definition) is 6. The zero-order valence-corrected chi connectivity index (χ0v) is 14.8. The molecule has 118 valence electrons. The number of rotatable bonds is 5. The number of thiophene rings is 1. The highest BCUT2D eigenvalue weighted by Gasteiger charge is 2.23. The maximum atomic E-state index is 12.5. The predicted molar refractivity (Wildman–Crippen MR) is 87.2 cm³/mol. The van der Waals surface area contributed by atoms with Crippen molar-refractivity contribution >= 4 is 48.9 Å². The third-order valence-electron chi connectivity index (χ3n) is 2.70. The van der Waals surface area contributed by atoms with Crippen molar-refractivity contribution in [3.8, 4) is 5.75 Å². The van der Waals surface area contributed by atoms with Crippen LogP contribution < -0.4 is 9.46 Å². The Hall–Kier alpha value is -1.58. The Morgan fingerprint density at radius 1 is 1.27 bits per heavy atom. The Kier molecular flexibility index (Phi) is 5.09. The summed E-state index contributed by atoms with van der Waals surface area (Å²) in [4.78, 5) is 11.8. The molecule has 1 heterocycles. The summed E-state index contributed by atoms with van der Waals surface area (Å²) in [6.07, 6.45) is 0. The summed E-state index contributed by atoms with van der Waals surface area (Å²) in [6.45, 7) is 0. The molecule has 2 rings (SSSR count). The highest BCUT2D eigenvalue weighted by molar-refractivity contribution is 9.10. The number of halogens is 1. The molecule has 6 nitrogen and oxygen atoms in total. The second-order valence-electron chi connectivity index (χ2n) is 4.06. The number of ether oxygens (including phenoxy) is 2. The van der Waals surface area contributed by atoms with Gasteiger partial charge in [0, 0.05) is 4.47 Å². The Bertz CT molecular complexity index is 801. The average molecular weight is 406 g/mol. The summed E-state index contributed by atoms with van der Waals surface area (Å²) in [5, 5.41) is 1.60. The van der Waals surface area contributed by atoms with Crippen molar-refractivity contribution in [2.75, 3.05) is 18.9 Å². The maximum Gasteiger partial charge on any atom is 0.350 e. The second kappa shape index (κ2) is 6.67. The van der Waals surface area contributed by atoms with Crippen LogP contribution >= 0.6 is 27.3 Å². The molecule has 9 heteroatoms. The number of nitrogens with one attached hydrogen (secondary N) is 1. The quantitative estimate of drug-likeness (QED) is 0.772. The number of sulfonamides is 1. The van der Waals surface area contributed by atoms with E-state index in [1.165, 1.54) is 32.4 Å². The molecule has 0 spiro atoms. The van der Waals surface area contributed by atoms with Gasteiger partial charge in [-0.25, -0.2) is 13.2 Å². The largest absolute Gasteiger partial charge is 0.495 e. The maximum absolute atomic E-state index is 12.5. The lowest BCUT2D eigenvalue weighted by Gasteiger charge is -2.12. The van der Waals surface area contributed by atoms with Crippen LogP contribution in [-0.2, 0) is 14.8 Å². The van der Waals surface area contributed by atoms with Crippen LogP contribution in [-0.4, -0.2) is 28.6 Å². The molecule has 22 heavy (non-hydrogen) atoms. The van der Waals surface area contributed by atoms with Crippen LogP contribution in [0.3, 0.4) is 0 Å². The number of esters is 1. The minimum Gasteiger partial charge on any atom is -0.495 e. The number of carbonyl (C=O) groups is 1. The number of methoxy groups -OCH3 is 2. The molecule has 0 saturated heterocycles. The zero-order valence-electron chi connectivity index (χ0n) is 11.6. The molecule has 0 unspecified atom stereocenters. The van der Waals surface area contributed by atoms with Crippen LogP contribution in [0.1, 0.15) is 9.67 Å². The van der Waals surface area contributed by atoms with Crippen molar-refractivity contribution in [1.29, 1.82) is 0 Å². The molecule has 0 aliphatic rings. The molecule has 1 aromatic carbocycles. The summed E-state index contributed by atoms with van der Waals surface area (Å²) in [5.74, 6) is -0.403.